The van der Waals surface area contributed by atoms with Gasteiger partial charge in [0.25, 0.3) is 5.91 Å². The lowest BCUT2D eigenvalue weighted by Crippen LogP contribution is -2.17. The highest BCUT2D eigenvalue weighted by molar-refractivity contribution is 7.23. The Kier molecular flexibility index (Phi) is 5.23. The zero-order valence-electron chi connectivity index (χ0n) is 16.1. The molecule has 160 valence electrons. The summed E-state index contributed by atoms with van der Waals surface area (Å²) in [5.41, 5.74) is 2.21. The number of carbonyl (C=O) groups is 1. The predicted molar refractivity (Wildman–Crippen MR) is 107 cm³/mol. The third-order valence-corrected chi connectivity index (χ3v) is 5.17. The normalized spacial score (nSPS) is 11.5. The van der Waals surface area contributed by atoms with E-state index in [1.165, 1.54) is 30.6 Å². The first-order chi connectivity index (χ1) is 14.7. The smallest absolute Gasteiger partial charge is 0.479 e. The van der Waals surface area contributed by atoms with Gasteiger partial charge in [-0.15, -0.1) is 13.2 Å². The molecule has 0 fully saturated rings. The van der Waals surface area contributed by atoms with Gasteiger partial charge < -0.3 is 9.47 Å². The second-order valence-electron chi connectivity index (χ2n) is 6.31. The van der Waals surface area contributed by atoms with Crippen molar-refractivity contribution < 1.29 is 27.4 Å². The van der Waals surface area contributed by atoms with Gasteiger partial charge in [0.05, 0.1) is 18.0 Å². The molecule has 4 aromatic rings. The summed E-state index contributed by atoms with van der Waals surface area (Å²) in [6.45, 7) is 0. The van der Waals surface area contributed by atoms with Crippen molar-refractivity contribution in [1.82, 2.24) is 19.7 Å². The fraction of sp³-hybridized carbons (Fsp3) is 0.158. The summed E-state index contributed by atoms with van der Waals surface area (Å²) in [5, 5.41) is 7.09. The molecule has 0 bridgehead atoms. The fourth-order valence-electron chi connectivity index (χ4n) is 2.84. The van der Waals surface area contributed by atoms with Crippen LogP contribution >= 0.6 is 11.3 Å². The number of aromatic nitrogens is 4. The largest absolute Gasteiger partial charge is 0.573 e. The molecule has 12 heteroatoms. The van der Waals surface area contributed by atoms with Crippen LogP contribution in [0.2, 0.25) is 0 Å². The van der Waals surface area contributed by atoms with E-state index in [1.807, 2.05) is 6.20 Å². The fourth-order valence-corrected chi connectivity index (χ4v) is 3.82. The highest BCUT2D eigenvalue weighted by Crippen LogP contribution is 2.38. The quantitative estimate of drug-likeness (QED) is 0.490. The number of ether oxygens (including phenoxy) is 2. The minimum absolute atomic E-state index is 0.145. The molecule has 31 heavy (non-hydrogen) atoms. The maximum Gasteiger partial charge on any atom is 0.573 e. The van der Waals surface area contributed by atoms with E-state index in [9.17, 15) is 18.0 Å². The number of benzene rings is 1. The van der Waals surface area contributed by atoms with Crippen molar-refractivity contribution in [3.8, 4) is 22.8 Å². The van der Waals surface area contributed by atoms with Crippen molar-refractivity contribution in [2.24, 2.45) is 7.05 Å². The zero-order chi connectivity index (χ0) is 22.2. The number of fused-ring (bicyclic) bond motifs is 1. The molecule has 0 saturated heterocycles. The van der Waals surface area contributed by atoms with Crippen molar-refractivity contribution in [3.63, 3.8) is 0 Å². The number of methoxy groups -OCH3 is 1. The summed E-state index contributed by atoms with van der Waals surface area (Å²) in [6, 6.07) is 4.59. The van der Waals surface area contributed by atoms with Gasteiger partial charge >= 0.3 is 6.36 Å². The molecule has 0 aliphatic rings. The maximum atomic E-state index is 12.5. The van der Waals surface area contributed by atoms with Crippen LogP contribution in [-0.4, -0.2) is 39.1 Å². The first kappa shape index (κ1) is 20.6. The van der Waals surface area contributed by atoms with Gasteiger partial charge in [0, 0.05) is 36.1 Å². The number of alkyl halides is 3. The van der Waals surface area contributed by atoms with E-state index in [-0.39, 0.29) is 10.7 Å². The van der Waals surface area contributed by atoms with Gasteiger partial charge in [-0.25, -0.2) is 9.97 Å². The average molecular weight is 449 g/mol. The molecular weight excluding hydrogens is 435 g/mol. The highest BCUT2D eigenvalue weighted by Gasteiger charge is 2.31. The van der Waals surface area contributed by atoms with Gasteiger partial charge in [0.1, 0.15) is 11.3 Å². The number of thiazole rings is 1. The van der Waals surface area contributed by atoms with Crippen LogP contribution in [0.3, 0.4) is 0 Å². The number of aryl methyl sites for hydroxylation is 1. The Morgan fingerprint density at radius 1 is 1.19 bits per heavy atom. The van der Waals surface area contributed by atoms with Crippen LogP contribution < -0.4 is 14.8 Å². The van der Waals surface area contributed by atoms with Crippen molar-refractivity contribution >= 4 is 32.6 Å². The van der Waals surface area contributed by atoms with E-state index in [0.29, 0.717) is 11.4 Å². The molecule has 0 radical (unpaired) electrons. The van der Waals surface area contributed by atoms with Crippen LogP contribution in [0.15, 0.2) is 42.9 Å². The molecular formula is C19H14F3N5O3S. The molecule has 4 rings (SSSR count). The van der Waals surface area contributed by atoms with E-state index in [2.05, 4.69) is 25.1 Å². The van der Waals surface area contributed by atoms with Crippen LogP contribution in [-0.2, 0) is 7.05 Å². The van der Waals surface area contributed by atoms with Crippen molar-refractivity contribution in [2.75, 3.05) is 12.4 Å². The number of hydrogen-bond acceptors (Lipinski definition) is 7. The number of rotatable bonds is 5. The molecule has 1 N–H and O–H groups in total. The SMILES string of the molecule is COc1ncc(-c2cnn(C)c2)c2sc(NC(=O)c3ccc(OC(F)(F)F)cc3)nc12. The number of amides is 1. The van der Waals surface area contributed by atoms with E-state index < -0.39 is 18.0 Å². The Morgan fingerprint density at radius 2 is 1.94 bits per heavy atom. The Labute approximate surface area is 177 Å². The molecule has 0 spiro atoms. The summed E-state index contributed by atoms with van der Waals surface area (Å²) in [4.78, 5) is 21.2. The van der Waals surface area contributed by atoms with Crippen molar-refractivity contribution in [2.45, 2.75) is 6.36 Å². The first-order valence-corrected chi connectivity index (χ1v) is 9.55. The molecule has 0 unspecified atom stereocenters. The Hall–Kier alpha value is -3.67. The van der Waals surface area contributed by atoms with E-state index in [0.717, 1.165) is 28.0 Å². The number of pyridine rings is 1. The Bertz CT molecular complexity index is 1250. The summed E-state index contributed by atoms with van der Waals surface area (Å²) < 4.78 is 48.3. The summed E-state index contributed by atoms with van der Waals surface area (Å²) in [6.07, 6.45) is 0.349. The Morgan fingerprint density at radius 3 is 2.55 bits per heavy atom. The topological polar surface area (TPSA) is 91.2 Å². The number of nitrogens with one attached hydrogen (secondary N) is 1. The number of nitrogens with zero attached hydrogens (tertiary/aromatic N) is 4. The lowest BCUT2D eigenvalue weighted by molar-refractivity contribution is -0.274. The minimum Gasteiger partial charge on any atom is -0.479 e. The van der Waals surface area contributed by atoms with Crippen molar-refractivity contribution in [1.29, 1.82) is 0 Å². The van der Waals surface area contributed by atoms with Crippen molar-refractivity contribution in [3.05, 3.63) is 48.4 Å². The van der Waals surface area contributed by atoms with Crippen LogP contribution in [0.25, 0.3) is 21.3 Å². The van der Waals surface area contributed by atoms with Crippen LogP contribution in [0.1, 0.15) is 10.4 Å². The van der Waals surface area contributed by atoms with E-state index >= 15 is 0 Å². The molecule has 0 saturated carbocycles. The third-order valence-electron chi connectivity index (χ3n) is 4.17. The van der Waals surface area contributed by atoms with Crippen LogP contribution in [0.4, 0.5) is 18.3 Å². The Balaban J connectivity index is 1.62. The molecule has 8 nitrogen and oxygen atoms in total. The molecule has 3 aromatic heterocycles. The first-order valence-electron chi connectivity index (χ1n) is 8.73. The summed E-state index contributed by atoms with van der Waals surface area (Å²) >= 11 is 1.22. The number of hydrogen-bond donors (Lipinski definition) is 1. The maximum absolute atomic E-state index is 12.5. The lowest BCUT2D eigenvalue weighted by atomic mass is 10.1. The monoisotopic (exact) mass is 449 g/mol. The molecule has 0 atom stereocenters. The standard InChI is InChI=1S/C19H14F3N5O3S/c1-27-9-11(7-24-27)13-8-23-17(29-2)14-15(13)31-18(25-14)26-16(28)10-3-5-12(6-4-10)30-19(20,21)22/h3-9H,1-2H3,(H,25,26,28). The molecule has 0 aliphatic carbocycles. The average Bonchev–Trinajstić information content (AvgIpc) is 3.32. The molecule has 1 amide bonds. The second-order valence-corrected chi connectivity index (χ2v) is 7.31. The number of anilines is 1. The lowest BCUT2D eigenvalue weighted by Gasteiger charge is -2.09. The zero-order valence-corrected chi connectivity index (χ0v) is 16.9. The highest BCUT2D eigenvalue weighted by atomic mass is 32.1. The van der Waals surface area contributed by atoms with Gasteiger partial charge in [0.15, 0.2) is 5.13 Å². The summed E-state index contributed by atoms with van der Waals surface area (Å²) in [5.74, 6) is -0.651. The molecule has 1 aromatic carbocycles. The van der Waals surface area contributed by atoms with Gasteiger partial charge in [-0.2, -0.15) is 5.10 Å². The van der Waals surface area contributed by atoms with Crippen LogP contribution in [0, 0.1) is 0 Å². The second kappa shape index (κ2) is 7.87. The minimum atomic E-state index is -4.80. The third kappa shape index (κ3) is 4.43. The van der Waals surface area contributed by atoms with Crippen LogP contribution in [0.5, 0.6) is 11.6 Å². The number of halogens is 3. The van der Waals surface area contributed by atoms with Gasteiger partial charge in [-0.05, 0) is 24.3 Å². The van der Waals surface area contributed by atoms with Gasteiger partial charge in [0.2, 0.25) is 5.88 Å². The van der Waals surface area contributed by atoms with E-state index in [1.54, 1.807) is 24.1 Å². The van der Waals surface area contributed by atoms with Gasteiger partial charge in [-0.1, -0.05) is 11.3 Å². The van der Waals surface area contributed by atoms with E-state index in [4.69, 9.17) is 4.74 Å². The van der Waals surface area contributed by atoms with Gasteiger partial charge in [-0.3, -0.25) is 14.8 Å². The molecule has 3 heterocycles. The summed E-state index contributed by atoms with van der Waals surface area (Å²) in [7, 11) is 3.26. The molecule has 0 aliphatic heterocycles. The predicted octanol–water partition coefficient (Wildman–Crippen LogP) is 4.25. The number of carbonyl (C=O) groups excluding carboxylic acids is 1.